The van der Waals surface area contributed by atoms with Crippen LogP contribution >= 0.6 is 0 Å². The Morgan fingerprint density at radius 3 is 2.52 bits per heavy atom. The summed E-state index contributed by atoms with van der Waals surface area (Å²) in [5.41, 5.74) is 2.10. The Morgan fingerprint density at radius 2 is 2.00 bits per heavy atom. The molecule has 0 bridgehead atoms. The highest BCUT2D eigenvalue weighted by Crippen LogP contribution is 2.23. The minimum atomic E-state index is -0.716. The molecular weight excluding hydrogens is 292 g/mol. The van der Waals surface area contributed by atoms with E-state index in [2.05, 4.69) is 31.4 Å². The Labute approximate surface area is 138 Å². The Bertz CT molecular complexity index is 522. The molecule has 3 N–H and O–H groups in total. The van der Waals surface area contributed by atoms with Crippen molar-refractivity contribution in [2.45, 2.75) is 57.8 Å². The van der Waals surface area contributed by atoms with Gasteiger partial charge in [0.2, 0.25) is 0 Å². The second-order valence-electron chi connectivity index (χ2n) is 7.21. The van der Waals surface area contributed by atoms with Gasteiger partial charge in [-0.2, -0.15) is 0 Å². The smallest absolute Gasteiger partial charge is 0.315 e. The first-order valence-electron chi connectivity index (χ1n) is 8.22. The number of nitrogens with one attached hydrogen (secondary N) is 2. The van der Waals surface area contributed by atoms with E-state index in [4.69, 9.17) is 4.74 Å². The summed E-state index contributed by atoms with van der Waals surface area (Å²) < 4.78 is 5.41. The molecule has 0 radical (unpaired) electrons. The fourth-order valence-electron chi connectivity index (χ4n) is 2.65. The Kier molecular flexibility index (Phi) is 5.65. The van der Waals surface area contributed by atoms with Crippen molar-refractivity contribution in [2.75, 3.05) is 13.2 Å². The number of hydrogen-bond acceptors (Lipinski definition) is 3. The van der Waals surface area contributed by atoms with Crippen LogP contribution in [0.3, 0.4) is 0 Å². The molecule has 1 heterocycles. The SMILES string of the molecule is CC1OCCC1NC(=O)NCC(O)c1ccc(C(C)(C)C)cc1. The van der Waals surface area contributed by atoms with E-state index < -0.39 is 6.10 Å². The van der Waals surface area contributed by atoms with E-state index in [1.165, 1.54) is 5.56 Å². The molecule has 3 unspecified atom stereocenters. The molecule has 1 aromatic rings. The van der Waals surface area contributed by atoms with Crippen molar-refractivity contribution in [1.82, 2.24) is 10.6 Å². The summed E-state index contributed by atoms with van der Waals surface area (Å²) in [5.74, 6) is 0. The largest absolute Gasteiger partial charge is 0.387 e. The zero-order valence-electron chi connectivity index (χ0n) is 14.4. The predicted octanol–water partition coefficient (Wildman–Crippen LogP) is 2.49. The molecule has 1 aromatic carbocycles. The molecule has 0 aliphatic carbocycles. The van der Waals surface area contributed by atoms with Gasteiger partial charge in [-0.15, -0.1) is 0 Å². The quantitative estimate of drug-likeness (QED) is 0.798. The van der Waals surface area contributed by atoms with E-state index in [1.807, 2.05) is 31.2 Å². The van der Waals surface area contributed by atoms with E-state index in [9.17, 15) is 9.90 Å². The molecule has 1 aliphatic rings. The third kappa shape index (κ3) is 4.94. The first-order valence-corrected chi connectivity index (χ1v) is 8.22. The Balaban J connectivity index is 1.82. The van der Waals surface area contributed by atoms with Gasteiger partial charge in [-0.05, 0) is 29.9 Å². The van der Waals surface area contributed by atoms with Gasteiger partial charge in [-0.3, -0.25) is 0 Å². The van der Waals surface area contributed by atoms with Gasteiger partial charge in [0, 0.05) is 13.2 Å². The van der Waals surface area contributed by atoms with Crippen molar-refractivity contribution in [1.29, 1.82) is 0 Å². The van der Waals surface area contributed by atoms with E-state index >= 15 is 0 Å². The number of carbonyl (C=O) groups excluding carboxylic acids is 1. The monoisotopic (exact) mass is 320 g/mol. The highest BCUT2D eigenvalue weighted by molar-refractivity contribution is 5.74. The molecule has 23 heavy (non-hydrogen) atoms. The van der Waals surface area contributed by atoms with Gasteiger partial charge in [0.25, 0.3) is 0 Å². The second kappa shape index (κ2) is 7.32. The topological polar surface area (TPSA) is 70.6 Å². The van der Waals surface area contributed by atoms with Gasteiger partial charge in [0.1, 0.15) is 0 Å². The minimum absolute atomic E-state index is 0.0376. The molecule has 5 heteroatoms. The zero-order chi connectivity index (χ0) is 17.0. The number of aliphatic hydroxyl groups excluding tert-OH is 1. The van der Waals surface area contributed by atoms with Gasteiger partial charge >= 0.3 is 6.03 Å². The zero-order valence-corrected chi connectivity index (χ0v) is 14.4. The maximum absolute atomic E-state index is 11.9. The summed E-state index contributed by atoms with van der Waals surface area (Å²) in [4.78, 5) is 11.9. The molecule has 5 nitrogen and oxygen atoms in total. The number of rotatable bonds is 4. The molecule has 2 rings (SSSR count). The van der Waals surface area contributed by atoms with E-state index in [-0.39, 0.29) is 30.1 Å². The van der Waals surface area contributed by atoms with Crippen LogP contribution in [-0.2, 0) is 10.2 Å². The predicted molar refractivity (Wildman–Crippen MR) is 90.5 cm³/mol. The number of ether oxygens (including phenoxy) is 1. The Hall–Kier alpha value is -1.59. The molecule has 1 aliphatic heterocycles. The van der Waals surface area contributed by atoms with Gasteiger partial charge in [-0.1, -0.05) is 45.0 Å². The van der Waals surface area contributed by atoms with E-state index in [1.54, 1.807) is 0 Å². The lowest BCUT2D eigenvalue weighted by Crippen LogP contribution is -2.45. The van der Waals surface area contributed by atoms with E-state index in [0.717, 1.165) is 12.0 Å². The normalized spacial score (nSPS) is 22.7. The molecule has 0 aromatic heterocycles. The maximum atomic E-state index is 11.9. The molecular formula is C18H28N2O3. The highest BCUT2D eigenvalue weighted by Gasteiger charge is 2.25. The average Bonchev–Trinajstić information content (AvgIpc) is 2.89. The fraction of sp³-hybridized carbons (Fsp3) is 0.611. The van der Waals surface area contributed by atoms with Crippen molar-refractivity contribution in [3.63, 3.8) is 0 Å². The first kappa shape index (κ1) is 17.8. The van der Waals surface area contributed by atoms with Gasteiger partial charge in [-0.25, -0.2) is 4.79 Å². The number of aliphatic hydroxyl groups is 1. The summed E-state index contributed by atoms with van der Waals surface area (Å²) in [6, 6.07) is 7.65. The van der Waals surface area contributed by atoms with Crippen LogP contribution in [0.2, 0.25) is 0 Å². The molecule has 0 spiro atoms. The standard InChI is InChI=1S/C18H28N2O3/c1-12-15(9-10-23-12)20-17(22)19-11-16(21)13-5-7-14(8-6-13)18(2,3)4/h5-8,12,15-16,21H,9-11H2,1-4H3,(H2,19,20,22). The highest BCUT2D eigenvalue weighted by atomic mass is 16.5. The van der Waals surface area contributed by atoms with E-state index in [0.29, 0.717) is 6.61 Å². The summed E-state index contributed by atoms with van der Waals surface area (Å²) in [5, 5.41) is 15.8. The van der Waals surface area contributed by atoms with Crippen molar-refractivity contribution in [3.05, 3.63) is 35.4 Å². The van der Waals surface area contributed by atoms with Gasteiger partial charge < -0.3 is 20.5 Å². The first-order chi connectivity index (χ1) is 10.8. The van der Waals surface area contributed by atoms with Crippen LogP contribution in [0.4, 0.5) is 4.79 Å². The summed E-state index contributed by atoms with van der Waals surface area (Å²) in [7, 11) is 0. The van der Waals surface area contributed by atoms with Crippen LogP contribution < -0.4 is 10.6 Å². The van der Waals surface area contributed by atoms with Crippen LogP contribution in [0.5, 0.6) is 0 Å². The number of amides is 2. The lowest BCUT2D eigenvalue weighted by atomic mass is 9.86. The van der Waals surface area contributed by atoms with Crippen LogP contribution in [-0.4, -0.2) is 36.4 Å². The van der Waals surface area contributed by atoms with Gasteiger partial charge in [0.15, 0.2) is 0 Å². The average molecular weight is 320 g/mol. The van der Waals surface area contributed by atoms with Gasteiger partial charge in [0.05, 0.1) is 18.2 Å². The third-order valence-corrected chi connectivity index (χ3v) is 4.31. The van der Waals surface area contributed by atoms with Crippen molar-refractivity contribution >= 4 is 6.03 Å². The van der Waals surface area contributed by atoms with Crippen molar-refractivity contribution in [3.8, 4) is 0 Å². The summed E-state index contributed by atoms with van der Waals surface area (Å²) in [6.07, 6.45) is 0.147. The lowest BCUT2D eigenvalue weighted by Gasteiger charge is -2.20. The number of urea groups is 1. The summed E-state index contributed by atoms with van der Waals surface area (Å²) in [6.45, 7) is 9.26. The summed E-state index contributed by atoms with van der Waals surface area (Å²) >= 11 is 0. The molecule has 0 saturated carbocycles. The van der Waals surface area contributed by atoms with Crippen molar-refractivity contribution in [2.24, 2.45) is 0 Å². The fourth-order valence-corrected chi connectivity index (χ4v) is 2.65. The molecule has 1 saturated heterocycles. The lowest BCUT2D eigenvalue weighted by molar-refractivity contribution is 0.113. The third-order valence-electron chi connectivity index (χ3n) is 4.31. The van der Waals surface area contributed by atoms with Crippen molar-refractivity contribution < 1.29 is 14.6 Å². The Morgan fingerprint density at radius 1 is 1.35 bits per heavy atom. The number of benzene rings is 1. The molecule has 3 atom stereocenters. The van der Waals surface area contributed by atoms with Crippen LogP contribution in [0.1, 0.15) is 51.3 Å². The van der Waals surface area contributed by atoms with Crippen LogP contribution in [0, 0.1) is 0 Å². The molecule has 1 fully saturated rings. The van der Waals surface area contributed by atoms with Crippen LogP contribution in [0.25, 0.3) is 0 Å². The number of carbonyl (C=O) groups is 1. The molecule has 128 valence electrons. The number of hydrogen-bond donors (Lipinski definition) is 3. The molecule has 2 amide bonds. The maximum Gasteiger partial charge on any atom is 0.315 e. The second-order valence-corrected chi connectivity index (χ2v) is 7.21. The van der Waals surface area contributed by atoms with Crippen LogP contribution in [0.15, 0.2) is 24.3 Å². The minimum Gasteiger partial charge on any atom is -0.387 e.